The Kier molecular flexibility index (Phi) is 14.8. The summed E-state index contributed by atoms with van der Waals surface area (Å²) in [4.78, 5) is 10.9. The maximum atomic E-state index is 5.48. The molecule has 7 nitrogen and oxygen atoms in total. The second kappa shape index (κ2) is 25.4. The lowest BCUT2D eigenvalue weighted by atomic mass is 9.98. The van der Waals surface area contributed by atoms with E-state index in [1.807, 2.05) is 6.07 Å². The molecule has 0 radical (unpaired) electrons. The molecule has 6 heterocycles. The van der Waals surface area contributed by atoms with E-state index in [1.54, 1.807) is 0 Å². The van der Waals surface area contributed by atoms with Crippen LogP contribution in [-0.2, 0) is 0 Å². The summed E-state index contributed by atoms with van der Waals surface area (Å²) in [5.41, 5.74) is 28.5. The molecular weight excluding hydrogens is 1390 g/mol. The molecule has 0 spiro atoms. The van der Waals surface area contributed by atoms with E-state index in [0.29, 0.717) is 5.82 Å². The molecule has 109 heavy (non-hydrogen) atoms. The van der Waals surface area contributed by atoms with Crippen LogP contribution in [0.3, 0.4) is 0 Å². The lowest BCUT2D eigenvalue weighted by molar-refractivity contribution is 1.16. The molecule has 0 saturated heterocycles. The minimum absolute atomic E-state index is 0. The Labute approximate surface area is 637 Å². The monoisotopic (exact) mass is 1460 g/mol. The van der Waals surface area contributed by atoms with Gasteiger partial charge in [0, 0.05) is 103 Å². The molecule has 0 amide bonds. The van der Waals surface area contributed by atoms with Crippen LogP contribution in [-0.4, -0.2) is 32.8 Å². The second-order valence-electron chi connectivity index (χ2n) is 28.2. The highest BCUT2D eigenvalue weighted by Gasteiger charge is 2.23. The Bertz CT molecular complexity index is 7220. The molecule has 22 rings (SSSR count). The maximum absolute atomic E-state index is 5.48. The number of para-hydroxylation sites is 7. The van der Waals surface area contributed by atoms with Gasteiger partial charge in [0.2, 0.25) is 0 Å². The standard InChI is InChI=1S/C100H62BrN7.CH4/c101-72-24-18-23-71(53-72)100-102-88(69-21-19-31-76(54-69)107-93-40-17-13-36-81(93)85-59-64(44-50-97(85)107)63-41-47-94-82(56-63)78-33-10-14-37-90(78)104(94)73-25-4-1-5-26-73)62-89(103-100)70-22-20-32-77(55-70)108-98-51-45-67(65-42-48-95-83(57-65)79-34-11-15-38-91(79)105(95)74-27-6-2-7-28-74)60-86(98)87-61-68(46-52-99(87)108)66-43-49-96-84(58-66)80-35-12-16-39-92(80)106(96)75-29-8-3-9-30-75;/h1-62H;1H4. The summed E-state index contributed by atoms with van der Waals surface area (Å²) in [7, 11) is 0. The van der Waals surface area contributed by atoms with E-state index in [0.717, 1.165) is 116 Å². The zero-order valence-corrected chi connectivity index (χ0v) is 59.9. The number of halogens is 1. The highest BCUT2D eigenvalue weighted by Crippen LogP contribution is 2.45. The van der Waals surface area contributed by atoms with Crippen molar-refractivity contribution in [3.05, 3.63) is 381 Å². The topological polar surface area (TPSA) is 50.4 Å². The highest BCUT2D eigenvalue weighted by atomic mass is 79.9. The maximum Gasteiger partial charge on any atom is 0.160 e. The molecular formula is C101H66BrN7. The third kappa shape index (κ3) is 10.3. The van der Waals surface area contributed by atoms with Crippen molar-refractivity contribution < 1.29 is 0 Å². The van der Waals surface area contributed by atoms with E-state index < -0.39 is 0 Å². The molecule has 0 aliphatic heterocycles. The summed E-state index contributed by atoms with van der Waals surface area (Å²) in [6.07, 6.45) is 0. The fraction of sp³-hybridized carbons (Fsp3) is 0.00990. The molecule has 8 heteroatoms. The second-order valence-corrected chi connectivity index (χ2v) is 29.1. The Hall–Kier alpha value is -13.9. The van der Waals surface area contributed by atoms with Crippen LogP contribution >= 0.6 is 15.9 Å². The van der Waals surface area contributed by atoms with Crippen molar-refractivity contribution >= 4 is 125 Å². The van der Waals surface area contributed by atoms with Crippen molar-refractivity contribution in [1.82, 2.24) is 32.8 Å². The third-order valence-corrected chi connectivity index (χ3v) is 22.6. The minimum Gasteiger partial charge on any atom is -0.309 e. The van der Waals surface area contributed by atoms with Gasteiger partial charge in [0.1, 0.15) is 0 Å². The highest BCUT2D eigenvalue weighted by molar-refractivity contribution is 9.10. The summed E-state index contributed by atoms with van der Waals surface area (Å²) in [5.74, 6) is 0.634. The Morgan fingerprint density at radius 1 is 0.174 bits per heavy atom. The molecule has 512 valence electrons. The lowest BCUT2D eigenvalue weighted by Gasteiger charge is -2.14. The quantitative estimate of drug-likeness (QED) is 0.130. The number of nitrogens with zero attached hydrogens (tertiary/aromatic N) is 7. The van der Waals surface area contributed by atoms with Gasteiger partial charge >= 0.3 is 0 Å². The van der Waals surface area contributed by atoms with Gasteiger partial charge in [0.25, 0.3) is 0 Å². The van der Waals surface area contributed by atoms with Crippen LogP contribution in [0, 0.1) is 0 Å². The van der Waals surface area contributed by atoms with Gasteiger partial charge in [0.15, 0.2) is 5.82 Å². The number of hydrogen-bond acceptors (Lipinski definition) is 2. The molecule has 0 atom stereocenters. The van der Waals surface area contributed by atoms with Crippen LogP contribution in [0.1, 0.15) is 7.43 Å². The van der Waals surface area contributed by atoms with E-state index in [2.05, 4.69) is 409 Å². The SMILES string of the molecule is Brc1cccc(-c2nc(-c3cccc(-n4c5ccccc5c5cc(-c6ccc7c(c6)c6ccccc6n7-c6ccccc6)ccc54)c3)cc(-c3cccc(-n4c5ccc(-c6ccc7c(c6)c6ccccc6n7-c6ccccc6)cc5c5cc(-c6ccc7c(c6)c6ccccc6n7-c6ccccc6)ccc54)c3)n2)c1.C. The molecule has 0 aliphatic rings. The van der Waals surface area contributed by atoms with Crippen LogP contribution in [0.15, 0.2) is 381 Å². The smallest absolute Gasteiger partial charge is 0.160 e. The molecule has 0 saturated carbocycles. The number of benzene rings is 16. The Morgan fingerprint density at radius 2 is 0.422 bits per heavy atom. The van der Waals surface area contributed by atoms with Crippen LogP contribution in [0.5, 0.6) is 0 Å². The number of aromatic nitrogens is 7. The first-order chi connectivity index (χ1) is 53.4. The molecule has 22 aromatic rings. The average Bonchev–Trinajstić information content (AvgIpc) is 1.60. The van der Waals surface area contributed by atoms with Crippen molar-refractivity contribution in [1.29, 1.82) is 0 Å². The van der Waals surface area contributed by atoms with Gasteiger partial charge in [-0.25, -0.2) is 9.97 Å². The lowest BCUT2D eigenvalue weighted by Crippen LogP contribution is -1.99. The van der Waals surface area contributed by atoms with Gasteiger partial charge in [-0.3, -0.25) is 0 Å². The zero-order valence-electron chi connectivity index (χ0n) is 58.3. The molecule has 16 aromatic carbocycles. The van der Waals surface area contributed by atoms with E-state index in [1.165, 1.54) is 87.3 Å². The summed E-state index contributed by atoms with van der Waals surface area (Å²) < 4.78 is 12.9. The molecule has 0 bridgehead atoms. The predicted octanol–water partition coefficient (Wildman–Crippen LogP) is 27.4. The van der Waals surface area contributed by atoms with E-state index >= 15 is 0 Å². The summed E-state index contributed by atoms with van der Waals surface area (Å²) in [6.45, 7) is 0. The van der Waals surface area contributed by atoms with E-state index in [-0.39, 0.29) is 7.43 Å². The zero-order chi connectivity index (χ0) is 71.1. The number of hydrogen-bond donors (Lipinski definition) is 0. The molecule has 0 fully saturated rings. The molecule has 0 unspecified atom stereocenters. The van der Waals surface area contributed by atoms with Gasteiger partial charge in [-0.05, 0) is 209 Å². The number of fused-ring (bicyclic) bond motifs is 15. The average molecular weight is 1460 g/mol. The normalized spacial score (nSPS) is 11.8. The summed E-state index contributed by atoms with van der Waals surface area (Å²) in [6, 6.07) is 137. The Morgan fingerprint density at radius 3 is 0.734 bits per heavy atom. The fourth-order valence-corrected chi connectivity index (χ4v) is 17.6. The first-order valence-electron chi connectivity index (χ1n) is 36.7. The van der Waals surface area contributed by atoms with Crippen molar-refractivity contribution in [2.75, 3.05) is 0 Å². The molecule has 0 N–H and O–H groups in total. The summed E-state index contributed by atoms with van der Waals surface area (Å²) in [5, 5.41) is 12.0. The van der Waals surface area contributed by atoms with Crippen molar-refractivity contribution in [2.24, 2.45) is 0 Å². The van der Waals surface area contributed by atoms with E-state index in [9.17, 15) is 0 Å². The molecule has 6 aromatic heterocycles. The van der Waals surface area contributed by atoms with Crippen LogP contribution in [0.25, 0.3) is 205 Å². The predicted molar refractivity (Wildman–Crippen MR) is 461 cm³/mol. The van der Waals surface area contributed by atoms with Crippen LogP contribution in [0.2, 0.25) is 0 Å². The Balaban J connectivity index is 0.00000756. The van der Waals surface area contributed by atoms with Crippen LogP contribution in [0.4, 0.5) is 0 Å². The van der Waals surface area contributed by atoms with Gasteiger partial charge in [0.05, 0.1) is 66.6 Å². The van der Waals surface area contributed by atoms with Crippen molar-refractivity contribution in [2.45, 2.75) is 7.43 Å². The van der Waals surface area contributed by atoms with Gasteiger partial charge < -0.3 is 22.8 Å². The van der Waals surface area contributed by atoms with Crippen LogP contribution < -0.4 is 0 Å². The molecule has 0 aliphatic carbocycles. The number of rotatable bonds is 11. The van der Waals surface area contributed by atoms with Crippen molar-refractivity contribution in [3.8, 4) is 95.7 Å². The minimum atomic E-state index is 0. The summed E-state index contributed by atoms with van der Waals surface area (Å²) >= 11 is 3.80. The van der Waals surface area contributed by atoms with Gasteiger partial charge in [-0.15, -0.1) is 0 Å². The fourth-order valence-electron chi connectivity index (χ4n) is 17.2. The van der Waals surface area contributed by atoms with Crippen molar-refractivity contribution in [3.63, 3.8) is 0 Å². The van der Waals surface area contributed by atoms with Gasteiger partial charge in [-0.1, -0.05) is 224 Å². The first-order valence-corrected chi connectivity index (χ1v) is 37.5. The van der Waals surface area contributed by atoms with Gasteiger partial charge in [-0.2, -0.15) is 0 Å². The largest absolute Gasteiger partial charge is 0.309 e. The third-order valence-electron chi connectivity index (χ3n) is 22.1. The first kappa shape index (κ1) is 63.5. The van der Waals surface area contributed by atoms with E-state index in [4.69, 9.17) is 9.97 Å².